The highest BCUT2D eigenvalue weighted by Crippen LogP contribution is 2.72. The van der Waals surface area contributed by atoms with E-state index in [1.54, 1.807) is 27.7 Å². The zero-order valence-electron chi connectivity index (χ0n) is 16.7. The zero-order chi connectivity index (χ0) is 20.9. The predicted molar refractivity (Wildman–Crippen MR) is 98.9 cm³/mol. The largest absolute Gasteiger partial charge is 0.479 e. The van der Waals surface area contributed by atoms with Crippen LogP contribution < -0.4 is 0 Å². The van der Waals surface area contributed by atoms with E-state index in [0.29, 0.717) is 6.42 Å². The van der Waals surface area contributed by atoms with Crippen molar-refractivity contribution in [2.24, 2.45) is 34.5 Å². The van der Waals surface area contributed by atoms with Crippen LogP contribution in [0.3, 0.4) is 0 Å². The molecule has 0 radical (unpaired) electrons. The number of aliphatic hydroxyl groups is 1. The molecule has 4 aliphatic rings. The molecule has 0 aromatic rings. The van der Waals surface area contributed by atoms with Crippen LogP contribution in [0.5, 0.6) is 0 Å². The summed E-state index contributed by atoms with van der Waals surface area (Å²) < 4.78 is 32.3. The van der Waals surface area contributed by atoms with Gasteiger partial charge in [-0.2, -0.15) is 0 Å². The van der Waals surface area contributed by atoms with Gasteiger partial charge in [-0.05, 0) is 61.7 Å². The molecule has 0 heterocycles. The standard InChI is InChI=1S/C22H28F2O4/c1-11-7-14-15-9-17(23)16-8-13(25)5-6-19(16,3)21(15,24)12(2)10-20(14,4)22(11,28)18(26)27/h5-6,8,11-12,14-15,17,28H,7,9-10H2,1-4H3,(H,26,27)/t11-,12+,14?,15?,17+,19+,20+,21-,22+/m1/s1. The number of hydrogen-bond donors (Lipinski definition) is 2. The first-order valence-corrected chi connectivity index (χ1v) is 10.1. The smallest absolute Gasteiger partial charge is 0.336 e. The highest BCUT2D eigenvalue weighted by atomic mass is 19.1. The first kappa shape index (κ1) is 19.7. The van der Waals surface area contributed by atoms with Crippen LogP contribution in [0.4, 0.5) is 8.78 Å². The molecule has 154 valence electrons. The fraction of sp³-hybridized carbons (Fsp3) is 0.727. The van der Waals surface area contributed by atoms with E-state index in [1.165, 1.54) is 18.2 Å². The van der Waals surface area contributed by atoms with E-state index >= 15 is 8.78 Å². The molecule has 4 aliphatic carbocycles. The first-order chi connectivity index (χ1) is 12.8. The number of hydrogen-bond acceptors (Lipinski definition) is 3. The zero-order valence-corrected chi connectivity index (χ0v) is 16.7. The summed E-state index contributed by atoms with van der Waals surface area (Å²) in [5.74, 6) is -3.96. The molecule has 3 saturated carbocycles. The Morgan fingerprint density at radius 1 is 1.18 bits per heavy atom. The lowest BCUT2D eigenvalue weighted by molar-refractivity contribution is -0.211. The molecule has 4 rings (SSSR count). The van der Waals surface area contributed by atoms with Gasteiger partial charge in [0, 0.05) is 16.7 Å². The Morgan fingerprint density at radius 3 is 2.43 bits per heavy atom. The molecule has 0 bridgehead atoms. The van der Waals surface area contributed by atoms with Gasteiger partial charge in [0.15, 0.2) is 11.4 Å². The quantitative estimate of drug-likeness (QED) is 0.712. The number of alkyl halides is 2. The van der Waals surface area contributed by atoms with Crippen LogP contribution >= 0.6 is 0 Å². The lowest BCUT2D eigenvalue weighted by Gasteiger charge is -2.63. The summed E-state index contributed by atoms with van der Waals surface area (Å²) in [6, 6.07) is 0. The summed E-state index contributed by atoms with van der Waals surface area (Å²) in [4.78, 5) is 23.9. The number of halogens is 2. The van der Waals surface area contributed by atoms with Crippen LogP contribution in [-0.4, -0.2) is 39.4 Å². The molecule has 0 saturated heterocycles. The molecule has 0 aliphatic heterocycles. The number of carbonyl (C=O) groups excluding carboxylic acids is 1. The molecule has 2 N–H and O–H groups in total. The summed E-state index contributed by atoms with van der Waals surface area (Å²) in [6.45, 7) is 6.80. The number of carboxylic acid groups (broad SMARTS) is 1. The van der Waals surface area contributed by atoms with E-state index in [1.807, 2.05) is 0 Å². The second-order valence-electron chi connectivity index (χ2n) is 9.95. The summed E-state index contributed by atoms with van der Waals surface area (Å²) in [7, 11) is 0. The highest BCUT2D eigenvalue weighted by Gasteiger charge is 2.76. The SMILES string of the molecule is C[C@@H]1CC2C3C[C@H](F)C4=CC(=O)C=C[C@]4(C)[C@@]3(F)[C@@H](C)C[C@]2(C)[C@@]1(O)C(=O)O. The minimum absolute atomic E-state index is 0.0912. The van der Waals surface area contributed by atoms with Crippen LogP contribution in [0.15, 0.2) is 23.8 Å². The van der Waals surface area contributed by atoms with Gasteiger partial charge < -0.3 is 10.2 Å². The summed E-state index contributed by atoms with van der Waals surface area (Å²) in [5.41, 5.74) is -5.88. The van der Waals surface area contributed by atoms with Gasteiger partial charge in [0.1, 0.15) is 11.8 Å². The topological polar surface area (TPSA) is 74.6 Å². The molecule has 28 heavy (non-hydrogen) atoms. The van der Waals surface area contributed by atoms with Crippen LogP contribution in [0.2, 0.25) is 0 Å². The average molecular weight is 394 g/mol. The van der Waals surface area contributed by atoms with E-state index in [4.69, 9.17) is 0 Å². The predicted octanol–water partition coefficient (Wildman–Crippen LogP) is 3.64. The van der Waals surface area contributed by atoms with E-state index < -0.39 is 57.9 Å². The summed E-state index contributed by atoms with van der Waals surface area (Å²) >= 11 is 0. The van der Waals surface area contributed by atoms with E-state index in [9.17, 15) is 19.8 Å². The third kappa shape index (κ3) is 1.93. The number of allylic oxidation sites excluding steroid dienone is 4. The second kappa shape index (κ2) is 5.53. The summed E-state index contributed by atoms with van der Waals surface area (Å²) in [5, 5.41) is 21.0. The number of carboxylic acids is 1. The van der Waals surface area contributed by atoms with Crippen molar-refractivity contribution in [3.05, 3.63) is 23.8 Å². The van der Waals surface area contributed by atoms with Crippen LogP contribution in [0, 0.1) is 34.5 Å². The van der Waals surface area contributed by atoms with Crippen molar-refractivity contribution in [1.82, 2.24) is 0 Å². The molecule has 2 unspecified atom stereocenters. The van der Waals surface area contributed by atoms with E-state index in [-0.39, 0.29) is 24.2 Å². The maximum absolute atomic E-state index is 17.0. The number of rotatable bonds is 1. The maximum Gasteiger partial charge on any atom is 0.336 e. The normalized spacial score (nSPS) is 55.2. The lowest BCUT2D eigenvalue weighted by Crippen LogP contribution is -2.68. The van der Waals surface area contributed by atoms with Crippen LogP contribution in [0.25, 0.3) is 0 Å². The Morgan fingerprint density at radius 2 is 1.82 bits per heavy atom. The van der Waals surface area contributed by atoms with Gasteiger partial charge in [-0.1, -0.05) is 26.8 Å². The molecule has 0 aromatic heterocycles. The Kier molecular flexibility index (Phi) is 3.90. The minimum atomic E-state index is -1.96. The third-order valence-corrected chi connectivity index (χ3v) is 8.88. The molecule has 0 spiro atoms. The fourth-order valence-corrected chi connectivity index (χ4v) is 7.51. The van der Waals surface area contributed by atoms with E-state index in [0.717, 1.165) is 0 Å². The van der Waals surface area contributed by atoms with Crippen molar-refractivity contribution in [3.8, 4) is 0 Å². The first-order valence-electron chi connectivity index (χ1n) is 10.1. The van der Waals surface area contributed by atoms with Gasteiger partial charge in [-0.15, -0.1) is 0 Å². The van der Waals surface area contributed by atoms with Gasteiger partial charge >= 0.3 is 5.97 Å². The maximum atomic E-state index is 17.0. The summed E-state index contributed by atoms with van der Waals surface area (Å²) in [6.07, 6.45) is 3.03. The van der Waals surface area contributed by atoms with Gasteiger partial charge in [0.05, 0.1) is 0 Å². The van der Waals surface area contributed by atoms with Crippen molar-refractivity contribution in [3.63, 3.8) is 0 Å². The third-order valence-electron chi connectivity index (χ3n) is 8.88. The second-order valence-corrected chi connectivity index (χ2v) is 9.95. The number of ketones is 1. The van der Waals surface area contributed by atoms with Gasteiger partial charge in [-0.25, -0.2) is 13.6 Å². The van der Waals surface area contributed by atoms with E-state index in [2.05, 4.69) is 0 Å². The lowest BCUT2D eigenvalue weighted by atomic mass is 9.42. The van der Waals surface area contributed by atoms with Crippen molar-refractivity contribution in [2.45, 2.75) is 64.4 Å². The highest BCUT2D eigenvalue weighted by molar-refractivity contribution is 6.01. The van der Waals surface area contributed by atoms with Crippen LogP contribution in [-0.2, 0) is 9.59 Å². The molecule has 4 nitrogen and oxygen atoms in total. The molecule has 0 aromatic carbocycles. The van der Waals surface area contributed by atoms with Crippen molar-refractivity contribution in [2.75, 3.05) is 0 Å². The minimum Gasteiger partial charge on any atom is -0.479 e. The van der Waals surface area contributed by atoms with Gasteiger partial charge in [0.2, 0.25) is 0 Å². The fourth-order valence-electron chi connectivity index (χ4n) is 7.51. The monoisotopic (exact) mass is 394 g/mol. The molecular formula is C22H28F2O4. The molecule has 6 heteroatoms. The number of carbonyl (C=O) groups is 2. The van der Waals surface area contributed by atoms with Crippen molar-refractivity contribution >= 4 is 11.8 Å². The number of fused-ring (bicyclic) bond motifs is 5. The molecule has 0 amide bonds. The Bertz CT molecular complexity index is 821. The molecule has 9 atom stereocenters. The molecular weight excluding hydrogens is 366 g/mol. The van der Waals surface area contributed by atoms with Gasteiger partial charge in [0.25, 0.3) is 0 Å². The Hall–Kier alpha value is -1.56. The Labute approximate surface area is 163 Å². The average Bonchev–Trinajstić information content (AvgIpc) is 2.81. The van der Waals surface area contributed by atoms with Crippen molar-refractivity contribution in [1.29, 1.82) is 0 Å². The number of aliphatic carboxylic acids is 1. The Balaban J connectivity index is 1.88. The molecule has 3 fully saturated rings. The van der Waals surface area contributed by atoms with Gasteiger partial charge in [-0.3, -0.25) is 4.79 Å². The van der Waals surface area contributed by atoms with Crippen molar-refractivity contribution < 1.29 is 28.6 Å². The van der Waals surface area contributed by atoms with Crippen LogP contribution in [0.1, 0.15) is 47.0 Å².